The van der Waals surface area contributed by atoms with E-state index in [0.29, 0.717) is 37.6 Å². The molecule has 2 aliphatic heterocycles. The molecule has 2 fully saturated rings. The fourth-order valence-electron chi connectivity index (χ4n) is 5.56. The molecule has 1 saturated carbocycles. The summed E-state index contributed by atoms with van der Waals surface area (Å²) in [5.41, 5.74) is 0.388. The van der Waals surface area contributed by atoms with Crippen LogP contribution in [-0.4, -0.2) is 104 Å². The minimum Gasteiger partial charge on any atom is -0.435 e. The molecule has 1 aromatic carbocycles. The van der Waals surface area contributed by atoms with Gasteiger partial charge in [-0.3, -0.25) is 14.4 Å². The van der Waals surface area contributed by atoms with E-state index in [2.05, 4.69) is 25.7 Å². The number of amides is 3. The number of halogens is 4. The first-order valence-corrected chi connectivity index (χ1v) is 15.5. The van der Waals surface area contributed by atoms with Gasteiger partial charge in [0.15, 0.2) is 0 Å². The van der Waals surface area contributed by atoms with E-state index in [1.807, 2.05) is 13.8 Å². The average molecular weight is 663 g/mol. The molecule has 2 atom stereocenters. The maximum atomic E-state index is 13.6. The van der Waals surface area contributed by atoms with Crippen LogP contribution in [0.3, 0.4) is 0 Å². The van der Waals surface area contributed by atoms with Gasteiger partial charge in [0.05, 0.1) is 24.8 Å². The molecule has 0 radical (unpaired) electrons. The number of anilines is 2. The van der Waals surface area contributed by atoms with Crippen LogP contribution in [0.5, 0.6) is 5.75 Å². The van der Waals surface area contributed by atoms with E-state index < -0.39 is 37.4 Å². The Morgan fingerprint density at radius 1 is 1.13 bits per heavy atom. The molecule has 1 aliphatic carbocycles. The van der Waals surface area contributed by atoms with Gasteiger partial charge in [0.25, 0.3) is 23.6 Å². The highest BCUT2D eigenvalue weighted by Gasteiger charge is 2.47. The Kier molecular flexibility index (Phi) is 10.3. The molecule has 47 heavy (non-hydrogen) atoms. The lowest BCUT2D eigenvalue weighted by Crippen LogP contribution is -2.58. The van der Waals surface area contributed by atoms with Crippen molar-refractivity contribution < 1.29 is 41.4 Å². The maximum Gasteiger partial charge on any atom is 0.387 e. The van der Waals surface area contributed by atoms with Crippen LogP contribution in [0.15, 0.2) is 42.0 Å². The number of carbonyl (C=O) groups excluding carboxylic acids is 3. The number of ether oxygens (including phenoxy) is 2. The largest absolute Gasteiger partial charge is 0.435 e. The molecule has 0 spiro atoms. The van der Waals surface area contributed by atoms with Gasteiger partial charge in [-0.2, -0.15) is 8.78 Å². The highest BCUT2D eigenvalue weighted by Crippen LogP contribution is 2.36. The van der Waals surface area contributed by atoms with Crippen molar-refractivity contribution in [3.8, 4) is 16.9 Å². The fourth-order valence-corrected chi connectivity index (χ4v) is 5.56. The van der Waals surface area contributed by atoms with Crippen molar-refractivity contribution in [1.82, 2.24) is 20.1 Å². The van der Waals surface area contributed by atoms with Crippen molar-refractivity contribution in [2.24, 2.45) is 5.92 Å². The van der Waals surface area contributed by atoms with Gasteiger partial charge in [-0.25, -0.2) is 13.8 Å². The summed E-state index contributed by atoms with van der Waals surface area (Å²) in [6, 6.07) is 6.79. The third-order valence-electron chi connectivity index (χ3n) is 8.11. The summed E-state index contributed by atoms with van der Waals surface area (Å²) in [6.45, 7) is 1.02. The molecule has 0 bridgehead atoms. The molecule has 1 saturated heterocycles. The summed E-state index contributed by atoms with van der Waals surface area (Å²) >= 11 is 0. The molecule has 3 amide bonds. The number of methoxy groups -OCH3 is 1. The number of hydrogen-bond acceptors (Lipinski definition) is 8. The zero-order valence-corrected chi connectivity index (χ0v) is 26.3. The summed E-state index contributed by atoms with van der Waals surface area (Å²) in [5.74, 6) is -4.96. The zero-order chi connectivity index (χ0) is 33.9. The SMILES string of the molecule is CCNc1cc(-c2ccc(OC(F)F)cc2C(=O)N2CC(F)(F)C2)cc(NC(=O)C2=CC(CNC[C@H](C)OC)CN(C3CC3)C2=O)n1. The average Bonchev–Trinajstić information content (AvgIpc) is 3.85. The van der Waals surface area contributed by atoms with E-state index in [0.717, 1.165) is 23.8 Å². The number of rotatable bonds is 14. The third kappa shape index (κ3) is 8.38. The maximum absolute atomic E-state index is 13.6. The van der Waals surface area contributed by atoms with E-state index in [-0.39, 0.29) is 52.2 Å². The second kappa shape index (κ2) is 14.3. The molecule has 1 unspecified atom stereocenters. The molecule has 11 nitrogen and oxygen atoms in total. The zero-order valence-electron chi connectivity index (χ0n) is 26.3. The van der Waals surface area contributed by atoms with Crippen LogP contribution < -0.4 is 20.7 Å². The monoisotopic (exact) mass is 662 g/mol. The summed E-state index contributed by atoms with van der Waals surface area (Å²) in [6.07, 6.45) is 3.40. The molecular formula is C32H38F4N6O5. The van der Waals surface area contributed by atoms with Crippen molar-refractivity contribution in [3.05, 3.63) is 47.5 Å². The van der Waals surface area contributed by atoms with Gasteiger partial charge in [0.1, 0.15) is 23.0 Å². The highest BCUT2D eigenvalue weighted by molar-refractivity contribution is 6.23. The van der Waals surface area contributed by atoms with Crippen LogP contribution in [0.4, 0.5) is 29.2 Å². The van der Waals surface area contributed by atoms with Crippen LogP contribution in [0.25, 0.3) is 11.1 Å². The summed E-state index contributed by atoms with van der Waals surface area (Å²) < 4.78 is 63.0. The van der Waals surface area contributed by atoms with E-state index in [4.69, 9.17) is 4.74 Å². The molecule has 254 valence electrons. The Bertz CT molecular complexity index is 1530. The van der Waals surface area contributed by atoms with Gasteiger partial charge in [-0.15, -0.1) is 0 Å². The summed E-state index contributed by atoms with van der Waals surface area (Å²) in [4.78, 5) is 47.4. The summed E-state index contributed by atoms with van der Waals surface area (Å²) in [5, 5.41) is 9.08. The Balaban J connectivity index is 1.44. The van der Waals surface area contributed by atoms with Crippen LogP contribution in [0.2, 0.25) is 0 Å². The van der Waals surface area contributed by atoms with Crippen molar-refractivity contribution in [3.63, 3.8) is 0 Å². The number of likely N-dealkylation sites (tertiary alicyclic amines) is 1. The van der Waals surface area contributed by atoms with Crippen LogP contribution in [-0.2, 0) is 14.3 Å². The number of nitrogens with one attached hydrogen (secondary N) is 3. The number of nitrogens with zero attached hydrogens (tertiary/aromatic N) is 3. The topological polar surface area (TPSA) is 125 Å². The first-order chi connectivity index (χ1) is 22.4. The molecule has 1 aromatic heterocycles. The molecule has 5 rings (SSSR count). The predicted molar refractivity (Wildman–Crippen MR) is 166 cm³/mol. The van der Waals surface area contributed by atoms with E-state index in [1.54, 1.807) is 24.2 Å². The standard InChI is InChI=1S/C32H38F4N6O5/c1-4-38-26-10-20(23-8-7-22(47-31(33)34)12-24(23)29(44)41-16-32(35,36)17-41)11-27(39-26)40-28(43)25-9-19(14-37-13-18(2)46-3)15-42(30(25)45)21-5-6-21/h7-12,18-19,21,31,37H,4-6,13-17H2,1-3H3,(H2,38,39,40,43)/t18-,19?/m0/s1. The van der Waals surface area contributed by atoms with E-state index >= 15 is 0 Å². The first-order valence-electron chi connectivity index (χ1n) is 15.5. The quantitative estimate of drug-likeness (QED) is 0.205. The van der Waals surface area contributed by atoms with Gasteiger partial charge in [-0.1, -0.05) is 6.08 Å². The van der Waals surface area contributed by atoms with Gasteiger partial charge < -0.3 is 35.2 Å². The minimum absolute atomic E-state index is 0.00789. The van der Waals surface area contributed by atoms with Crippen molar-refractivity contribution >= 4 is 29.4 Å². The number of benzene rings is 1. The smallest absolute Gasteiger partial charge is 0.387 e. The number of hydrogen-bond donors (Lipinski definition) is 3. The lowest BCUT2D eigenvalue weighted by molar-refractivity contribution is -0.131. The number of pyridine rings is 1. The predicted octanol–water partition coefficient (Wildman–Crippen LogP) is 3.98. The van der Waals surface area contributed by atoms with Crippen molar-refractivity contribution in [1.29, 1.82) is 0 Å². The van der Waals surface area contributed by atoms with Gasteiger partial charge >= 0.3 is 6.61 Å². The Morgan fingerprint density at radius 3 is 2.49 bits per heavy atom. The van der Waals surface area contributed by atoms with Crippen LogP contribution in [0, 0.1) is 5.92 Å². The molecule has 3 heterocycles. The molecular weight excluding hydrogens is 624 g/mol. The summed E-state index contributed by atoms with van der Waals surface area (Å²) in [7, 11) is 1.62. The number of aromatic nitrogens is 1. The Labute approximate surface area is 269 Å². The van der Waals surface area contributed by atoms with Gasteiger partial charge in [0, 0.05) is 45.2 Å². The molecule has 3 N–H and O–H groups in total. The lowest BCUT2D eigenvalue weighted by atomic mass is 9.97. The van der Waals surface area contributed by atoms with Gasteiger partial charge in [-0.05, 0) is 68.1 Å². The number of carbonyl (C=O) groups is 3. The van der Waals surface area contributed by atoms with Crippen molar-refractivity contribution in [2.75, 3.05) is 57.0 Å². The fraction of sp³-hybridized carbons (Fsp3) is 0.500. The lowest BCUT2D eigenvalue weighted by Gasteiger charge is -2.39. The Morgan fingerprint density at radius 2 is 1.85 bits per heavy atom. The minimum atomic E-state index is -3.17. The first kappa shape index (κ1) is 34.1. The molecule has 3 aliphatic rings. The van der Waals surface area contributed by atoms with E-state index in [1.165, 1.54) is 18.2 Å². The van der Waals surface area contributed by atoms with E-state index in [9.17, 15) is 31.9 Å². The normalized spacial score (nSPS) is 19.6. The van der Waals surface area contributed by atoms with Gasteiger partial charge in [0.2, 0.25) is 0 Å². The second-order valence-electron chi connectivity index (χ2n) is 11.9. The number of alkyl halides is 4. The third-order valence-corrected chi connectivity index (χ3v) is 8.11. The molecule has 15 heteroatoms. The Hall–Kier alpha value is -4.24. The van der Waals surface area contributed by atoms with Crippen LogP contribution in [0.1, 0.15) is 37.0 Å². The molecule has 2 aromatic rings. The van der Waals surface area contributed by atoms with Crippen LogP contribution >= 0.6 is 0 Å². The second-order valence-corrected chi connectivity index (χ2v) is 11.9. The highest BCUT2D eigenvalue weighted by atomic mass is 19.3. The van der Waals surface area contributed by atoms with Crippen molar-refractivity contribution in [2.45, 2.75) is 51.4 Å².